The van der Waals surface area contributed by atoms with E-state index in [1.54, 1.807) is 0 Å². The van der Waals surface area contributed by atoms with Crippen molar-refractivity contribution < 1.29 is 49.9 Å². The van der Waals surface area contributed by atoms with Gasteiger partial charge in [0.25, 0.3) is 5.60 Å². The highest BCUT2D eigenvalue weighted by Gasteiger charge is 2.71. The number of nitrogens with one attached hydrogen (secondary N) is 1. The predicted octanol–water partition coefficient (Wildman–Crippen LogP) is 5.33. The predicted molar refractivity (Wildman–Crippen MR) is 129 cm³/mol. The lowest BCUT2D eigenvalue weighted by Crippen LogP contribution is -2.53. The summed E-state index contributed by atoms with van der Waals surface area (Å²) in [6, 6.07) is 1.89. The second-order valence-electron chi connectivity index (χ2n) is 9.06. The van der Waals surface area contributed by atoms with Gasteiger partial charge in [-0.05, 0) is 42.5 Å². The zero-order valence-electron chi connectivity index (χ0n) is 20.6. The summed E-state index contributed by atoms with van der Waals surface area (Å²) in [7, 11) is 0. The van der Waals surface area contributed by atoms with Gasteiger partial charge in [-0.3, -0.25) is 0 Å². The zero-order valence-corrected chi connectivity index (χ0v) is 22.1. The molecule has 1 fully saturated rings. The normalized spacial score (nSPS) is 20.1. The smallest absolute Gasteiger partial charge is 0.430 e. The molecular formula is C24H25ClF8N2O3S. The van der Waals surface area contributed by atoms with Gasteiger partial charge in [-0.1, -0.05) is 35.0 Å². The minimum atomic E-state index is -6.13. The van der Waals surface area contributed by atoms with Crippen molar-refractivity contribution in [2.45, 2.75) is 63.0 Å². The van der Waals surface area contributed by atoms with Crippen LogP contribution in [0.4, 0.5) is 35.1 Å². The second-order valence-corrected chi connectivity index (χ2v) is 10.7. The summed E-state index contributed by atoms with van der Waals surface area (Å²) < 4.78 is 123. The molecule has 1 heterocycles. The maximum Gasteiger partial charge on any atom is 0.430 e. The first kappa shape index (κ1) is 31.8. The van der Waals surface area contributed by atoms with Crippen molar-refractivity contribution >= 4 is 23.0 Å². The third-order valence-corrected chi connectivity index (χ3v) is 8.10. The molecule has 3 atom stereocenters. The highest BCUT2D eigenvalue weighted by Crippen LogP contribution is 2.51. The van der Waals surface area contributed by atoms with E-state index in [4.69, 9.17) is 11.6 Å². The van der Waals surface area contributed by atoms with Gasteiger partial charge in [0.05, 0.1) is 6.04 Å². The average molecular weight is 609 g/mol. The molecule has 3 rings (SSSR count). The Morgan fingerprint density at radius 3 is 2.18 bits per heavy atom. The molecule has 2 aromatic rings. The summed E-state index contributed by atoms with van der Waals surface area (Å²) >= 11 is 4.53. The molecule has 0 bridgehead atoms. The van der Waals surface area contributed by atoms with E-state index in [-0.39, 0.29) is 53.9 Å². The Labute approximate surface area is 227 Å². The van der Waals surface area contributed by atoms with Crippen molar-refractivity contribution in [3.05, 3.63) is 57.6 Å². The van der Waals surface area contributed by atoms with Crippen molar-refractivity contribution in [2.75, 3.05) is 12.8 Å². The van der Waals surface area contributed by atoms with E-state index in [0.717, 1.165) is 12.1 Å². The van der Waals surface area contributed by atoms with Crippen LogP contribution in [-0.2, 0) is 29.9 Å². The molecule has 1 saturated heterocycles. The molecule has 0 aromatic heterocycles. The fraction of sp³-hybridized carbons (Fsp3) is 0.500. The van der Waals surface area contributed by atoms with Crippen LogP contribution in [0.5, 0.6) is 0 Å². The van der Waals surface area contributed by atoms with E-state index in [2.05, 4.69) is 5.32 Å². The molecular weight excluding hydrogens is 584 g/mol. The van der Waals surface area contributed by atoms with E-state index in [9.17, 15) is 41.1 Å². The number of nitrogens with zero attached hydrogens (tertiary/aromatic N) is 1. The van der Waals surface area contributed by atoms with Gasteiger partial charge in [0.1, 0.15) is 24.1 Å². The van der Waals surface area contributed by atoms with Gasteiger partial charge in [-0.25, -0.2) is 8.78 Å². The first-order chi connectivity index (χ1) is 18.0. The van der Waals surface area contributed by atoms with Crippen molar-refractivity contribution in [3.63, 3.8) is 0 Å². The number of alkyl halides is 6. The third kappa shape index (κ3) is 6.02. The Kier molecular flexibility index (Phi) is 9.53. The Hall–Kier alpha value is -1.68. The van der Waals surface area contributed by atoms with Gasteiger partial charge in [0, 0.05) is 46.2 Å². The first-order valence-electron chi connectivity index (χ1n) is 11.6. The third-order valence-electron chi connectivity index (χ3n) is 6.66. The largest absolute Gasteiger partial charge is 0.598 e. The maximum atomic E-state index is 15.4. The number of benzene rings is 2. The minimum absolute atomic E-state index is 0.0288. The van der Waals surface area contributed by atoms with Gasteiger partial charge in [-0.2, -0.15) is 26.3 Å². The molecule has 0 spiro atoms. The topological polar surface area (TPSA) is 78.8 Å². The van der Waals surface area contributed by atoms with Gasteiger partial charge in [0.15, 0.2) is 0 Å². The summed E-state index contributed by atoms with van der Waals surface area (Å²) in [5, 5.41) is 21.8. The molecule has 0 saturated carbocycles. The minimum Gasteiger partial charge on any atom is -0.598 e. The van der Waals surface area contributed by atoms with Crippen molar-refractivity contribution in [1.29, 1.82) is 0 Å². The molecule has 0 radical (unpaired) electrons. The molecule has 3 unspecified atom stereocenters. The van der Waals surface area contributed by atoms with Crippen LogP contribution < -0.4 is 5.32 Å². The highest BCUT2D eigenvalue weighted by molar-refractivity contribution is 7.88. The fourth-order valence-corrected chi connectivity index (χ4v) is 6.01. The molecule has 39 heavy (non-hydrogen) atoms. The molecule has 5 nitrogen and oxygen atoms in total. The molecule has 218 valence electrons. The lowest BCUT2D eigenvalue weighted by atomic mass is 9.89. The van der Waals surface area contributed by atoms with Gasteiger partial charge in [-0.15, -0.1) is 0 Å². The van der Waals surface area contributed by atoms with Crippen LogP contribution in [0, 0.1) is 11.6 Å². The van der Waals surface area contributed by atoms with Gasteiger partial charge < -0.3 is 20.1 Å². The molecule has 1 aliphatic rings. The number of hydrogen-bond acceptors (Lipinski definition) is 5. The van der Waals surface area contributed by atoms with Crippen LogP contribution >= 0.6 is 11.6 Å². The average Bonchev–Trinajstić information content (AvgIpc) is 3.19. The number of halogens is 9. The van der Waals surface area contributed by atoms with Crippen LogP contribution in [-0.4, -0.2) is 56.5 Å². The number of aliphatic hydroxyl groups excluding tert-OH is 1. The Morgan fingerprint density at radius 2 is 1.67 bits per heavy atom. The van der Waals surface area contributed by atoms with Crippen LogP contribution in [0.25, 0.3) is 11.1 Å². The number of hydrogen-bond donors (Lipinski definition) is 3. The lowest BCUT2D eigenvalue weighted by Gasteiger charge is -2.33. The Balaban J connectivity index is 1.93. The van der Waals surface area contributed by atoms with E-state index in [1.165, 1.54) is 17.5 Å². The standard InChI is InChI=1S/C24H25ClF8N2O3S/c1-3-14-16(15-6-4-12(8-18(15)25)22(37,23(28,29)30)24(31,32)33)9-19(26)17(21(14)27)11-34-10-13-5-7-20(36)35(13)39(2)38/h4,6,8-9,13,20,34,36-37H,3,5,7,10-11H2,1-2H3. The zero-order chi connectivity index (χ0) is 29.5. The monoisotopic (exact) mass is 608 g/mol. The SMILES string of the molecule is CCc1c(-c2ccc(C(O)(C(F)(F)F)C(F)(F)F)cc2Cl)cc(F)c(CNCC2CCC(O)N2[S+](C)[O-])c1F. The van der Waals surface area contributed by atoms with Crippen LogP contribution in [0.2, 0.25) is 5.02 Å². The number of aliphatic hydroxyl groups is 2. The maximum absolute atomic E-state index is 15.4. The summed E-state index contributed by atoms with van der Waals surface area (Å²) in [5.74, 6) is -2.03. The van der Waals surface area contributed by atoms with Crippen LogP contribution in [0.3, 0.4) is 0 Å². The van der Waals surface area contributed by atoms with E-state index in [1.807, 2.05) is 0 Å². The quantitative estimate of drug-likeness (QED) is 0.279. The molecule has 15 heteroatoms. The molecule has 1 aliphatic heterocycles. The molecule has 0 aliphatic carbocycles. The molecule has 0 amide bonds. The number of rotatable bonds is 8. The molecule has 3 N–H and O–H groups in total. The van der Waals surface area contributed by atoms with Crippen LogP contribution in [0.15, 0.2) is 24.3 Å². The second kappa shape index (κ2) is 11.7. The van der Waals surface area contributed by atoms with E-state index in [0.29, 0.717) is 18.9 Å². The highest BCUT2D eigenvalue weighted by atomic mass is 35.5. The summed E-state index contributed by atoms with van der Waals surface area (Å²) in [4.78, 5) is 0. The summed E-state index contributed by atoms with van der Waals surface area (Å²) in [6.45, 7) is 1.38. The summed E-state index contributed by atoms with van der Waals surface area (Å²) in [6.07, 6.45) is -10.9. The van der Waals surface area contributed by atoms with Crippen molar-refractivity contribution in [2.24, 2.45) is 0 Å². The van der Waals surface area contributed by atoms with E-state index < -0.39 is 57.8 Å². The fourth-order valence-electron chi connectivity index (χ4n) is 4.68. The Bertz CT molecular complexity index is 1180. The van der Waals surface area contributed by atoms with Gasteiger partial charge >= 0.3 is 12.4 Å². The summed E-state index contributed by atoms with van der Waals surface area (Å²) in [5.41, 5.74) is -7.68. The van der Waals surface area contributed by atoms with Crippen LogP contribution in [0.1, 0.15) is 36.5 Å². The lowest BCUT2D eigenvalue weighted by molar-refractivity contribution is -0.376. The first-order valence-corrected chi connectivity index (χ1v) is 13.5. The van der Waals surface area contributed by atoms with Gasteiger partial charge in [0.2, 0.25) is 0 Å². The van der Waals surface area contributed by atoms with Crippen molar-refractivity contribution in [1.82, 2.24) is 9.62 Å². The van der Waals surface area contributed by atoms with E-state index >= 15 is 8.78 Å². The Morgan fingerprint density at radius 1 is 1.05 bits per heavy atom. The molecule has 2 aromatic carbocycles. The van der Waals surface area contributed by atoms with Crippen molar-refractivity contribution in [3.8, 4) is 11.1 Å².